The summed E-state index contributed by atoms with van der Waals surface area (Å²) in [5.74, 6) is 11.9. The highest BCUT2D eigenvalue weighted by molar-refractivity contribution is 6.07. The third kappa shape index (κ3) is 4.86. The number of nitrogens with zero attached hydrogens (tertiary/aromatic N) is 3. The number of carboxylic acids is 1. The lowest BCUT2D eigenvalue weighted by Gasteiger charge is -2.41. The first-order valence-electron chi connectivity index (χ1n) is 11.7. The van der Waals surface area contributed by atoms with Crippen LogP contribution >= 0.6 is 0 Å². The van der Waals surface area contributed by atoms with Gasteiger partial charge in [0, 0.05) is 24.7 Å². The van der Waals surface area contributed by atoms with Gasteiger partial charge in [-0.05, 0) is 35.2 Å². The van der Waals surface area contributed by atoms with Gasteiger partial charge in [-0.15, -0.1) is 0 Å². The van der Waals surface area contributed by atoms with Gasteiger partial charge in [0.05, 0.1) is 12.1 Å². The molecule has 1 amide bonds. The molecular weight excluding hydrogens is 470 g/mol. The van der Waals surface area contributed by atoms with Crippen LogP contribution in [-0.2, 0) is 32.8 Å². The zero-order chi connectivity index (χ0) is 26.4. The normalized spacial score (nSPS) is 17.4. The van der Waals surface area contributed by atoms with E-state index >= 15 is 0 Å². The number of para-hydroxylation sites is 1. The van der Waals surface area contributed by atoms with Crippen molar-refractivity contribution in [2.24, 2.45) is 16.8 Å². The molecule has 1 unspecified atom stereocenters. The predicted molar refractivity (Wildman–Crippen MR) is 141 cm³/mol. The van der Waals surface area contributed by atoms with Gasteiger partial charge in [0.15, 0.2) is 11.5 Å². The molecule has 5 N–H and O–H groups in total. The van der Waals surface area contributed by atoms with Crippen LogP contribution in [0.15, 0.2) is 84.0 Å². The second-order valence-electron chi connectivity index (χ2n) is 8.69. The van der Waals surface area contributed by atoms with Gasteiger partial charge >= 0.3 is 5.97 Å². The molecule has 1 aliphatic rings. The molecule has 1 heterocycles. The zero-order valence-electron chi connectivity index (χ0n) is 20.1. The Balaban J connectivity index is 1.91. The third-order valence-electron chi connectivity index (χ3n) is 6.53. The van der Waals surface area contributed by atoms with Crippen LogP contribution in [0.25, 0.3) is 5.70 Å². The van der Waals surface area contributed by atoms with Crippen LogP contribution in [0.5, 0.6) is 0 Å². The molecule has 4 rings (SSSR count). The molecule has 0 aromatic heterocycles. The summed E-state index contributed by atoms with van der Waals surface area (Å²) >= 11 is 0. The maximum absolute atomic E-state index is 14.4. The van der Waals surface area contributed by atoms with E-state index in [1.54, 1.807) is 48.5 Å². The minimum absolute atomic E-state index is 0.00928. The van der Waals surface area contributed by atoms with Gasteiger partial charge in [0.1, 0.15) is 5.70 Å². The van der Waals surface area contributed by atoms with E-state index in [1.165, 1.54) is 16.1 Å². The highest BCUT2D eigenvalue weighted by Gasteiger charge is 2.52. The summed E-state index contributed by atoms with van der Waals surface area (Å²) in [5, 5.41) is 14.7. The Kier molecular flexibility index (Phi) is 7.48. The largest absolute Gasteiger partial charge is 0.481 e. The molecule has 3 aromatic rings. The number of benzene rings is 3. The molecule has 9 nitrogen and oxygen atoms in total. The number of carbonyl (C=O) groups is 2. The average molecular weight is 498 g/mol. The third-order valence-corrected chi connectivity index (χ3v) is 6.53. The van der Waals surface area contributed by atoms with Crippen LogP contribution in [0.4, 0.5) is 5.69 Å². The molecular formula is C28H27N5O4. The van der Waals surface area contributed by atoms with Crippen molar-refractivity contribution in [1.82, 2.24) is 4.90 Å². The Hall–Kier alpha value is -4.72. The predicted octanol–water partition coefficient (Wildman–Crippen LogP) is 2.48. The topological polar surface area (TPSA) is 142 Å². The smallest absolute Gasteiger partial charge is 0.306 e. The van der Waals surface area contributed by atoms with Crippen molar-refractivity contribution in [3.8, 4) is 0 Å². The SMILES string of the molecule is NN=CCc1ccc(C2(CC(=O)O)C(=O)N(CCc3ccccc3)C(=C=O)c3ccccc3N2N)cc1. The Labute approximate surface area is 214 Å². The zero-order valence-corrected chi connectivity index (χ0v) is 20.1. The molecule has 0 aliphatic carbocycles. The molecule has 188 valence electrons. The van der Waals surface area contributed by atoms with Crippen LogP contribution in [0, 0.1) is 0 Å². The lowest BCUT2D eigenvalue weighted by Crippen LogP contribution is -2.60. The first kappa shape index (κ1) is 25.4. The van der Waals surface area contributed by atoms with Crippen molar-refractivity contribution in [2.45, 2.75) is 24.8 Å². The quantitative estimate of drug-likeness (QED) is 0.188. The van der Waals surface area contributed by atoms with Gasteiger partial charge in [-0.25, -0.2) is 10.6 Å². The number of hydrogen-bond donors (Lipinski definition) is 3. The summed E-state index contributed by atoms with van der Waals surface area (Å²) in [6.07, 6.45) is 1.81. The van der Waals surface area contributed by atoms with E-state index in [4.69, 9.17) is 11.7 Å². The van der Waals surface area contributed by atoms with Crippen LogP contribution in [0.2, 0.25) is 0 Å². The van der Waals surface area contributed by atoms with Gasteiger partial charge in [0.2, 0.25) is 0 Å². The standard InChI is InChI=1S/C28H27N5O4/c29-31-16-14-21-10-12-22(13-11-21)28(18-26(35)36)27(37)32(17-15-20-6-2-1-3-7-20)25(19-34)23-8-4-5-9-24(23)33(28)30/h1-13,16H,14-15,17-18,29-30H2,(H,35,36). The van der Waals surface area contributed by atoms with E-state index in [2.05, 4.69) is 5.10 Å². The molecule has 37 heavy (non-hydrogen) atoms. The number of carbonyl (C=O) groups excluding carboxylic acids is 2. The van der Waals surface area contributed by atoms with E-state index in [-0.39, 0.29) is 12.2 Å². The Morgan fingerprint density at radius 2 is 1.68 bits per heavy atom. The fourth-order valence-electron chi connectivity index (χ4n) is 4.69. The van der Waals surface area contributed by atoms with Crippen molar-refractivity contribution in [3.63, 3.8) is 0 Å². The van der Waals surface area contributed by atoms with Gasteiger partial charge in [-0.2, -0.15) is 5.10 Å². The summed E-state index contributed by atoms with van der Waals surface area (Å²) < 4.78 is 0. The van der Waals surface area contributed by atoms with E-state index in [1.807, 2.05) is 36.3 Å². The molecule has 1 aliphatic heterocycles. The average Bonchev–Trinajstić information content (AvgIpc) is 2.99. The maximum atomic E-state index is 14.4. The highest BCUT2D eigenvalue weighted by Crippen LogP contribution is 2.43. The summed E-state index contributed by atoms with van der Waals surface area (Å²) in [6, 6.07) is 23.2. The number of hydrazone groups is 1. The fraction of sp³-hybridized carbons (Fsp3) is 0.179. The Morgan fingerprint density at radius 3 is 2.32 bits per heavy atom. The van der Waals surface area contributed by atoms with Crippen LogP contribution in [-0.4, -0.2) is 40.6 Å². The number of rotatable bonds is 8. The van der Waals surface area contributed by atoms with E-state index in [0.29, 0.717) is 29.7 Å². The molecule has 0 bridgehead atoms. The second-order valence-corrected chi connectivity index (χ2v) is 8.69. The van der Waals surface area contributed by atoms with Crippen molar-refractivity contribution in [1.29, 1.82) is 0 Å². The number of hydrogen-bond acceptors (Lipinski definition) is 7. The number of fused-ring (bicyclic) bond motifs is 1. The maximum Gasteiger partial charge on any atom is 0.306 e. The number of aliphatic carboxylic acids is 1. The van der Waals surface area contributed by atoms with Gasteiger partial charge in [-0.3, -0.25) is 19.5 Å². The number of nitrogens with two attached hydrogens (primary N) is 2. The van der Waals surface area contributed by atoms with Gasteiger partial charge < -0.3 is 10.9 Å². The van der Waals surface area contributed by atoms with Crippen molar-refractivity contribution in [3.05, 3.63) is 101 Å². The van der Waals surface area contributed by atoms with Crippen molar-refractivity contribution >= 4 is 35.4 Å². The highest BCUT2D eigenvalue weighted by atomic mass is 16.4. The summed E-state index contributed by atoms with van der Waals surface area (Å²) in [4.78, 5) is 40.3. The number of carboxylic acid groups (broad SMARTS) is 1. The minimum atomic E-state index is -1.84. The van der Waals surface area contributed by atoms with E-state index in [0.717, 1.165) is 11.1 Å². The molecule has 0 saturated carbocycles. The summed E-state index contributed by atoms with van der Waals surface area (Å²) in [6.45, 7) is 0.127. The van der Waals surface area contributed by atoms with Crippen LogP contribution in [0.3, 0.4) is 0 Å². The minimum Gasteiger partial charge on any atom is -0.481 e. The first-order chi connectivity index (χ1) is 17.9. The van der Waals surface area contributed by atoms with E-state index in [9.17, 15) is 19.5 Å². The molecule has 0 saturated heterocycles. The molecule has 1 atom stereocenters. The molecule has 0 spiro atoms. The fourth-order valence-corrected chi connectivity index (χ4v) is 4.69. The second kappa shape index (κ2) is 10.9. The number of hydrazine groups is 1. The van der Waals surface area contributed by atoms with Crippen LogP contribution in [0.1, 0.15) is 28.7 Å². The summed E-state index contributed by atoms with van der Waals surface area (Å²) in [5.41, 5.74) is 1.11. The Bertz CT molecular complexity index is 1370. The number of amides is 1. The molecule has 9 heteroatoms. The molecule has 0 fully saturated rings. The summed E-state index contributed by atoms with van der Waals surface area (Å²) in [7, 11) is 0. The van der Waals surface area contributed by atoms with E-state index < -0.39 is 23.8 Å². The van der Waals surface area contributed by atoms with Crippen LogP contribution < -0.4 is 16.7 Å². The Morgan fingerprint density at radius 1 is 1.00 bits per heavy atom. The van der Waals surface area contributed by atoms with Crippen molar-refractivity contribution in [2.75, 3.05) is 11.6 Å². The lowest BCUT2D eigenvalue weighted by molar-refractivity contribution is -0.144. The first-order valence-corrected chi connectivity index (χ1v) is 11.7. The monoisotopic (exact) mass is 497 g/mol. The lowest BCUT2D eigenvalue weighted by atomic mass is 9.83. The van der Waals surface area contributed by atoms with Gasteiger partial charge in [0.25, 0.3) is 5.91 Å². The van der Waals surface area contributed by atoms with Crippen molar-refractivity contribution < 1.29 is 19.5 Å². The molecule has 3 aromatic carbocycles. The molecule has 0 radical (unpaired) electrons. The van der Waals surface area contributed by atoms with Gasteiger partial charge in [-0.1, -0.05) is 66.7 Å². The number of anilines is 1.